The van der Waals surface area contributed by atoms with E-state index in [-0.39, 0.29) is 11.3 Å². The minimum atomic E-state index is -3.36. The maximum Gasteiger partial charge on any atom is 0.210 e. The highest BCUT2D eigenvalue weighted by Gasteiger charge is 2.16. The summed E-state index contributed by atoms with van der Waals surface area (Å²) in [5, 5.41) is 7.87. The minimum absolute atomic E-state index is 0.0554. The lowest BCUT2D eigenvalue weighted by Crippen LogP contribution is -2.45. The molecule has 0 atom stereocenters. The van der Waals surface area contributed by atoms with Crippen molar-refractivity contribution < 1.29 is 13.2 Å². The Labute approximate surface area is 79.7 Å². The third-order valence-electron chi connectivity index (χ3n) is 1.50. The van der Waals surface area contributed by atoms with E-state index in [0.29, 0.717) is 13.2 Å². The van der Waals surface area contributed by atoms with Crippen molar-refractivity contribution in [3.63, 3.8) is 0 Å². The zero-order valence-corrected chi connectivity index (χ0v) is 9.15. The molecule has 0 aromatic carbocycles. The number of hydrogen-bond acceptors (Lipinski definition) is 4. The highest BCUT2D eigenvalue weighted by molar-refractivity contribution is 7.89. The predicted octanol–water partition coefficient (Wildman–Crippen LogP) is -0.710. The Balaban J connectivity index is 3.76. The first-order valence-electron chi connectivity index (χ1n) is 4.01. The van der Waals surface area contributed by atoms with Gasteiger partial charge in [0.2, 0.25) is 10.0 Å². The summed E-state index contributed by atoms with van der Waals surface area (Å²) in [4.78, 5) is 0. The fourth-order valence-corrected chi connectivity index (χ4v) is 1.33. The molecular weight excluding hydrogens is 192 g/mol. The van der Waals surface area contributed by atoms with Gasteiger partial charge in [-0.3, -0.25) is 0 Å². The molecule has 0 fully saturated rings. The van der Waals surface area contributed by atoms with Gasteiger partial charge in [-0.1, -0.05) is 0 Å². The van der Waals surface area contributed by atoms with E-state index in [2.05, 4.69) is 5.32 Å². The van der Waals surface area contributed by atoms with Gasteiger partial charge in [-0.15, -0.1) is 0 Å². The Morgan fingerprint density at radius 2 is 2.00 bits per heavy atom. The smallest absolute Gasteiger partial charge is 0.210 e. The number of nitrogens with two attached hydrogens (primary N) is 1. The summed E-state index contributed by atoms with van der Waals surface area (Å²) in [6, 6.07) is 0. The summed E-state index contributed by atoms with van der Waals surface area (Å²) in [6.07, 6.45) is 0. The van der Waals surface area contributed by atoms with Gasteiger partial charge in [0.25, 0.3) is 0 Å². The first kappa shape index (κ1) is 12.8. The molecule has 0 aromatic rings. The molecular formula is C7H18N2O3S. The van der Waals surface area contributed by atoms with Crippen molar-refractivity contribution in [3.8, 4) is 0 Å². The molecule has 13 heavy (non-hydrogen) atoms. The summed E-state index contributed by atoms with van der Waals surface area (Å²) >= 11 is 0. The van der Waals surface area contributed by atoms with E-state index in [1.54, 1.807) is 7.11 Å². The minimum Gasteiger partial charge on any atom is -0.383 e. The van der Waals surface area contributed by atoms with Gasteiger partial charge in [-0.05, 0) is 13.8 Å². The lowest BCUT2D eigenvalue weighted by molar-refractivity contribution is 0.130. The number of hydrogen-bond donors (Lipinski definition) is 2. The highest BCUT2D eigenvalue weighted by atomic mass is 32.2. The number of primary sulfonamides is 1. The van der Waals surface area contributed by atoms with Crippen LogP contribution in [0, 0.1) is 0 Å². The van der Waals surface area contributed by atoms with Crippen LogP contribution in [0.3, 0.4) is 0 Å². The third-order valence-corrected chi connectivity index (χ3v) is 2.27. The van der Waals surface area contributed by atoms with Crippen molar-refractivity contribution >= 4 is 10.0 Å². The van der Waals surface area contributed by atoms with Gasteiger partial charge in [0.1, 0.15) is 0 Å². The van der Waals surface area contributed by atoms with Gasteiger partial charge in [0.05, 0.1) is 12.4 Å². The first-order chi connectivity index (χ1) is 5.77. The fraction of sp³-hybridized carbons (Fsp3) is 1.00. The second-order valence-electron chi connectivity index (χ2n) is 3.61. The van der Waals surface area contributed by atoms with Gasteiger partial charge in [-0.2, -0.15) is 0 Å². The number of nitrogens with one attached hydrogen (secondary N) is 1. The maximum atomic E-state index is 10.6. The topological polar surface area (TPSA) is 81.4 Å². The molecule has 0 heterocycles. The molecule has 6 heteroatoms. The van der Waals surface area contributed by atoms with Gasteiger partial charge >= 0.3 is 0 Å². The Morgan fingerprint density at radius 3 is 2.38 bits per heavy atom. The van der Waals surface area contributed by atoms with Crippen molar-refractivity contribution in [2.75, 3.05) is 26.0 Å². The van der Waals surface area contributed by atoms with Crippen LogP contribution in [-0.4, -0.2) is 40.0 Å². The molecule has 0 unspecified atom stereocenters. The summed E-state index contributed by atoms with van der Waals surface area (Å²) in [5.41, 5.74) is -0.223. The molecule has 0 amide bonds. The molecule has 5 nitrogen and oxygen atoms in total. The van der Waals surface area contributed by atoms with Crippen LogP contribution in [0.4, 0.5) is 0 Å². The van der Waals surface area contributed by atoms with E-state index in [1.807, 2.05) is 13.8 Å². The molecule has 0 aliphatic carbocycles. The van der Waals surface area contributed by atoms with Crippen LogP contribution in [0.25, 0.3) is 0 Å². The Morgan fingerprint density at radius 1 is 1.46 bits per heavy atom. The summed E-state index contributed by atoms with van der Waals surface area (Å²) in [7, 11) is -1.76. The second-order valence-corrected chi connectivity index (χ2v) is 5.34. The number of sulfonamides is 1. The fourth-order valence-electron chi connectivity index (χ4n) is 0.944. The molecule has 0 saturated carbocycles. The van der Waals surface area contributed by atoms with E-state index in [1.165, 1.54) is 0 Å². The summed E-state index contributed by atoms with van der Waals surface area (Å²) in [5.74, 6) is -0.0554. The van der Waals surface area contributed by atoms with Crippen molar-refractivity contribution in [1.29, 1.82) is 0 Å². The molecule has 0 rings (SSSR count). The zero-order chi connectivity index (χ0) is 10.5. The van der Waals surface area contributed by atoms with Crippen LogP contribution < -0.4 is 10.5 Å². The summed E-state index contributed by atoms with van der Waals surface area (Å²) in [6.45, 7) is 4.73. The molecule has 0 aliphatic heterocycles. The second kappa shape index (κ2) is 4.90. The predicted molar refractivity (Wildman–Crippen MR) is 51.9 cm³/mol. The molecule has 0 aliphatic rings. The molecule has 0 radical (unpaired) electrons. The van der Waals surface area contributed by atoms with E-state index in [4.69, 9.17) is 9.88 Å². The maximum absolute atomic E-state index is 10.6. The number of rotatable bonds is 6. The normalized spacial score (nSPS) is 13.2. The Kier molecular flexibility index (Phi) is 4.83. The van der Waals surface area contributed by atoms with Crippen LogP contribution in [0.15, 0.2) is 0 Å². The zero-order valence-electron chi connectivity index (χ0n) is 8.33. The van der Waals surface area contributed by atoms with Crippen molar-refractivity contribution in [2.24, 2.45) is 5.14 Å². The third kappa shape index (κ3) is 8.17. The highest BCUT2D eigenvalue weighted by Crippen LogP contribution is 2.00. The SMILES string of the molecule is COCC(C)(C)NCCS(N)(=O)=O. The van der Waals surface area contributed by atoms with Crippen molar-refractivity contribution in [1.82, 2.24) is 5.32 Å². The molecule has 0 aromatic heterocycles. The first-order valence-corrected chi connectivity index (χ1v) is 5.73. The van der Waals surface area contributed by atoms with Crippen LogP contribution in [0.1, 0.15) is 13.8 Å². The largest absolute Gasteiger partial charge is 0.383 e. The average molecular weight is 210 g/mol. The van der Waals surface area contributed by atoms with E-state index in [0.717, 1.165) is 0 Å². The lowest BCUT2D eigenvalue weighted by Gasteiger charge is -2.24. The van der Waals surface area contributed by atoms with Crippen LogP contribution in [-0.2, 0) is 14.8 Å². The molecule has 80 valence electrons. The van der Waals surface area contributed by atoms with Crippen LogP contribution >= 0.6 is 0 Å². The standard InChI is InChI=1S/C7H18N2O3S/c1-7(2,6-12-3)9-4-5-13(8,10)11/h9H,4-6H2,1-3H3,(H2,8,10,11). The summed E-state index contributed by atoms with van der Waals surface area (Å²) < 4.78 is 26.1. The van der Waals surface area contributed by atoms with E-state index in [9.17, 15) is 8.42 Å². The van der Waals surface area contributed by atoms with Crippen LogP contribution in [0.5, 0.6) is 0 Å². The van der Waals surface area contributed by atoms with Crippen molar-refractivity contribution in [2.45, 2.75) is 19.4 Å². The lowest BCUT2D eigenvalue weighted by atomic mass is 10.1. The monoisotopic (exact) mass is 210 g/mol. The average Bonchev–Trinajstić information content (AvgIpc) is 1.82. The van der Waals surface area contributed by atoms with Crippen molar-refractivity contribution in [3.05, 3.63) is 0 Å². The van der Waals surface area contributed by atoms with E-state index >= 15 is 0 Å². The molecule has 0 spiro atoms. The number of methoxy groups -OCH3 is 1. The number of ether oxygens (including phenoxy) is 1. The van der Waals surface area contributed by atoms with Gasteiger partial charge in [0, 0.05) is 19.2 Å². The molecule has 0 saturated heterocycles. The quantitative estimate of drug-likeness (QED) is 0.607. The van der Waals surface area contributed by atoms with Crippen LogP contribution in [0.2, 0.25) is 0 Å². The van der Waals surface area contributed by atoms with Gasteiger partial charge in [-0.25, -0.2) is 13.6 Å². The van der Waals surface area contributed by atoms with Gasteiger partial charge < -0.3 is 10.1 Å². The molecule has 3 N–H and O–H groups in total. The van der Waals surface area contributed by atoms with E-state index < -0.39 is 10.0 Å². The molecule has 0 bridgehead atoms. The van der Waals surface area contributed by atoms with Gasteiger partial charge in [0.15, 0.2) is 0 Å². The Bertz CT molecular complexity index is 236. The Hall–Kier alpha value is -0.170.